The smallest absolute Gasteiger partial charge is 0.362 e. The lowest BCUT2D eigenvalue weighted by Crippen LogP contribution is -2.50. The topological polar surface area (TPSA) is 99.1 Å². The minimum atomic E-state index is -0.878. The lowest BCUT2D eigenvalue weighted by Gasteiger charge is -2.31. The molecular formula is C40H74NO7+. The number of allylic oxidation sites excluding steroid dienone is 4. The van der Waals surface area contributed by atoms with Crippen molar-refractivity contribution in [2.24, 2.45) is 0 Å². The number of nitrogens with zero attached hydrogens (tertiary/aromatic N) is 1. The molecule has 8 heteroatoms. The van der Waals surface area contributed by atoms with Crippen LogP contribution in [0.5, 0.6) is 0 Å². The number of aliphatic carboxylic acids is 1. The molecule has 0 rings (SSSR count). The maximum Gasteiger partial charge on any atom is 0.362 e. The van der Waals surface area contributed by atoms with E-state index in [2.05, 4.69) is 38.2 Å². The van der Waals surface area contributed by atoms with E-state index in [1.165, 1.54) is 64.2 Å². The van der Waals surface area contributed by atoms with Gasteiger partial charge in [-0.25, -0.2) is 4.79 Å². The van der Waals surface area contributed by atoms with Crippen LogP contribution >= 0.6 is 0 Å². The summed E-state index contributed by atoms with van der Waals surface area (Å²) in [6.07, 6.45) is 32.2. The van der Waals surface area contributed by atoms with Crippen LogP contribution in [0, 0.1) is 0 Å². The number of carbonyl (C=O) groups excluding carboxylic acids is 2. The number of carboxylic acid groups (broad SMARTS) is 1. The summed E-state index contributed by atoms with van der Waals surface area (Å²) in [4.78, 5) is 36.7. The Morgan fingerprint density at radius 3 is 1.65 bits per heavy atom. The van der Waals surface area contributed by atoms with Crippen LogP contribution in [0.25, 0.3) is 0 Å². The molecule has 8 nitrogen and oxygen atoms in total. The van der Waals surface area contributed by atoms with Gasteiger partial charge in [0.05, 0.1) is 34.4 Å². The Bertz CT molecular complexity index is 849. The monoisotopic (exact) mass is 681 g/mol. The molecule has 0 bridgehead atoms. The molecule has 0 heterocycles. The quantitative estimate of drug-likeness (QED) is 0.0313. The van der Waals surface area contributed by atoms with Crippen molar-refractivity contribution in [2.45, 2.75) is 174 Å². The van der Waals surface area contributed by atoms with Gasteiger partial charge in [0.25, 0.3) is 0 Å². The van der Waals surface area contributed by atoms with Crippen molar-refractivity contribution in [3.05, 3.63) is 24.3 Å². The fraction of sp³-hybridized carbons (Fsp3) is 0.825. The van der Waals surface area contributed by atoms with Gasteiger partial charge in [-0.3, -0.25) is 9.59 Å². The first-order chi connectivity index (χ1) is 23.1. The highest BCUT2D eigenvalue weighted by atomic mass is 16.6. The van der Waals surface area contributed by atoms with Crippen LogP contribution in [0.15, 0.2) is 24.3 Å². The number of hydrogen-bond acceptors (Lipinski definition) is 6. The second kappa shape index (κ2) is 32.0. The van der Waals surface area contributed by atoms with Crippen LogP contribution in [0.2, 0.25) is 0 Å². The minimum Gasteiger partial charge on any atom is -0.477 e. The number of likely N-dealkylation sites (N-methyl/N-ethyl adjacent to an activating group) is 1. The van der Waals surface area contributed by atoms with Crippen molar-refractivity contribution in [3.8, 4) is 0 Å². The van der Waals surface area contributed by atoms with Crippen molar-refractivity contribution >= 4 is 17.9 Å². The number of hydrogen-bond donors (Lipinski definition) is 1. The highest BCUT2D eigenvalue weighted by Crippen LogP contribution is 2.13. The third-order valence-electron chi connectivity index (χ3n) is 8.60. The van der Waals surface area contributed by atoms with Crippen molar-refractivity contribution in [3.63, 3.8) is 0 Å². The fourth-order valence-electron chi connectivity index (χ4n) is 5.53. The van der Waals surface area contributed by atoms with Gasteiger partial charge in [0.1, 0.15) is 6.61 Å². The third kappa shape index (κ3) is 29.9. The number of unbranched alkanes of at least 4 members (excludes halogenated alkanes) is 16. The molecule has 0 aromatic carbocycles. The van der Waals surface area contributed by atoms with E-state index in [9.17, 15) is 19.5 Å². The van der Waals surface area contributed by atoms with Crippen LogP contribution in [-0.2, 0) is 28.6 Å². The molecule has 0 aliphatic rings. The van der Waals surface area contributed by atoms with E-state index >= 15 is 0 Å². The van der Waals surface area contributed by atoms with E-state index in [1.807, 2.05) is 21.1 Å². The first-order valence-electron chi connectivity index (χ1n) is 19.4. The Kier molecular flexibility index (Phi) is 30.6. The summed E-state index contributed by atoms with van der Waals surface area (Å²) in [5.41, 5.74) is 0. The maximum absolute atomic E-state index is 12.6. The zero-order valence-electron chi connectivity index (χ0n) is 31.7. The molecule has 0 radical (unpaired) electrons. The molecule has 2 atom stereocenters. The number of carboxylic acids is 1. The number of esters is 2. The summed E-state index contributed by atoms with van der Waals surface area (Å²) in [6, 6.07) is -0.613. The highest BCUT2D eigenvalue weighted by Gasteiger charge is 2.31. The molecule has 0 fully saturated rings. The molecular weight excluding hydrogens is 606 g/mol. The second-order valence-corrected chi connectivity index (χ2v) is 14.2. The van der Waals surface area contributed by atoms with Gasteiger partial charge in [-0.05, 0) is 44.9 Å². The highest BCUT2D eigenvalue weighted by molar-refractivity contribution is 5.72. The fourth-order valence-corrected chi connectivity index (χ4v) is 5.53. The number of carbonyl (C=O) groups is 3. The lowest BCUT2D eigenvalue weighted by atomic mass is 10.1. The molecule has 0 aliphatic heterocycles. The van der Waals surface area contributed by atoms with Crippen LogP contribution < -0.4 is 0 Å². The minimum absolute atomic E-state index is 0.0537. The zero-order valence-corrected chi connectivity index (χ0v) is 31.7. The molecule has 1 N–H and O–H groups in total. The summed E-state index contributed by atoms with van der Waals surface area (Å²) < 4.78 is 17.2. The normalized spacial score (nSPS) is 13.3. The van der Waals surface area contributed by atoms with Crippen molar-refractivity contribution < 1.29 is 38.2 Å². The van der Waals surface area contributed by atoms with Gasteiger partial charge in [-0.2, -0.15) is 0 Å². The van der Waals surface area contributed by atoms with E-state index in [4.69, 9.17) is 14.2 Å². The molecule has 0 aromatic rings. The van der Waals surface area contributed by atoms with Gasteiger partial charge < -0.3 is 23.8 Å². The van der Waals surface area contributed by atoms with Crippen molar-refractivity contribution in [1.82, 2.24) is 0 Å². The Morgan fingerprint density at radius 1 is 0.625 bits per heavy atom. The number of ether oxygens (including phenoxy) is 3. The standard InChI is InChI=1S/C40H73NO7/c1-6-8-10-12-14-16-17-18-19-20-21-23-25-27-29-31-39(43)48-36(34-46-33-32-37(40(44)45)41(3,4)5)35-47-38(42)30-28-26-24-22-15-13-11-9-7-2/h14,16,18-19,36-37H,6-13,15,17,20-35H2,1-5H3/p+1/b16-14-,19-18-. The Labute approximate surface area is 294 Å². The molecule has 0 saturated carbocycles. The van der Waals surface area contributed by atoms with Crippen LogP contribution in [0.4, 0.5) is 0 Å². The van der Waals surface area contributed by atoms with Crippen LogP contribution in [0.3, 0.4) is 0 Å². The summed E-state index contributed by atoms with van der Waals surface area (Å²) in [6.45, 7) is 4.66. The molecule has 0 amide bonds. The van der Waals surface area contributed by atoms with E-state index in [-0.39, 0.29) is 36.2 Å². The molecule has 0 spiro atoms. The van der Waals surface area contributed by atoms with Crippen LogP contribution in [0.1, 0.15) is 162 Å². The van der Waals surface area contributed by atoms with Gasteiger partial charge in [0, 0.05) is 19.3 Å². The molecule has 280 valence electrons. The van der Waals surface area contributed by atoms with Gasteiger partial charge in [0.2, 0.25) is 0 Å². The van der Waals surface area contributed by atoms with E-state index < -0.39 is 18.1 Å². The summed E-state index contributed by atoms with van der Waals surface area (Å²) in [5.74, 6) is -1.49. The van der Waals surface area contributed by atoms with Gasteiger partial charge >= 0.3 is 17.9 Å². The molecule has 48 heavy (non-hydrogen) atoms. The average Bonchev–Trinajstić information content (AvgIpc) is 3.03. The Morgan fingerprint density at radius 2 is 1.10 bits per heavy atom. The van der Waals surface area contributed by atoms with Gasteiger partial charge in [-0.1, -0.05) is 122 Å². The van der Waals surface area contributed by atoms with E-state index in [0.717, 1.165) is 64.2 Å². The first kappa shape index (κ1) is 45.8. The van der Waals surface area contributed by atoms with Crippen molar-refractivity contribution in [1.29, 1.82) is 0 Å². The summed E-state index contributed by atoms with van der Waals surface area (Å²) in [7, 11) is 5.51. The molecule has 0 saturated heterocycles. The maximum atomic E-state index is 12.6. The first-order valence-corrected chi connectivity index (χ1v) is 19.4. The SMILES string of the molecule is CCCCC/C=C\C/C=C\CCCCCCCC(=O)OC(COCCC(C(=O)O)[N+](C)(C)C)COC(=O)CCCCCCCCCCC. The lowest BCUT2D eigenvalue weighted by molar-refractivity contribution is -0.887. The number of rotatable bonds is 34. The Balaban J connectivity index is 4.43. The number of quaternary nitrogens is 1. The average molecular weight is 681 g/mol. The summed E-state index contributed by atoms with van der Waals surface area (Å²) in [5, 5.41) is 9.57. The molecule has 2 unspecified atom stereocenters. The predicted octanol–water partition coefficient (Wildman–Crippen LogP) is 9.74. The predicted molar refractivity (Wildman–Crippen MR) is 197 cm³/mol. The van der Waals surface area contributed by atoms with E-state index in [1.54, 1.807) is 0 Å². The van der Waals surface area contributed by atoms with Crippen molar-refractivity contribution in [2.75, 3.05) is 41.0 Å². The second-order valence-electron chi connectivity index (χ2n) is 14.2. The zero-order chi connectivity index (χ0) is 35.7. The molecule has 0 aliphatic carbocycles. The van der Waals surface area contributed by atoms with Crippen LogP contribution in [-0.4, -0.2) is 80.6 Å². The van der Waals surface area contributed by atoms with Gasteiger partial charge in [0.15, 0.2) is 12.1 Å². The Hall–Kier alpha value is -2.19. The van der Waals surface area contributed by atoms with E-state index in [0.29, 0.717) is 19.3 Å². The molecule has 0 aromatic heterocycles. The summed E-state index contributed by atoms with van der Waals surface area (Å²) >= 11 is 0. The van der Waals surface area contributed by atoms with Gasteiger partial charge in [-0.15, -0.1) is 0 Å². The third-order valence-corrected chi connectivity index (χ3v) is 8.60. The largest absolute Gasteiger partial charge is 0.477 e.